The molecule has 0 atom stereocenters. The molecule has 3 nitrogen and oxygen atoms in total. The summed E-state index contributed by atoms with van der Waals surface area (Å²) >= 11 is 0. The molecule has 9 heteroatoms. The third-order valence-corrected chi connectivity index (χ3v) is 2.18. The van der Waals surface area contributed by atoms with Crippen molar-refractivity contribution in [1.82, 2.24) is 0 Å². The predicted octanol–water partition coefficient (Wildman–Crippen LogP) is -1.85. The van der Waals surface area contributed by atoms with Crippen LogP contribution in [0.2, 0.25) is 0 Å². The van der Waals surface area contributed by atoms with Gasteiger partial charge < -0.3 is 4.55 Å². The zero-order chi connectivity index (χ0) is 11.1. The van der Waals surface area contributed by atoms with Gasteiger partial charge in [-0.05, 0) is 0 Å². The molecule has 0 radical (unpaired) electrons. The van der Waals surface area contributed by atoms with Crippen molar-refractivity contribution in [3.05, 3.63) is 29.3 Å². The second-order valence-electron chi connectivity index (χ2n) is 2.25. The Balaban J connectivity index is 0.00000196. The first-order chi connectivity index (χ1) is 6.25. The Labute approximate surface area is 125 Å². The monoisotopic (exact) mass is 268 g/mol. The molecule has 0 N–H and O–H groups in total. The first kappa shape index (κ1) is 15.5. The van der Waals surface area contributed by atoms with E-state index in [4.69, 9.17) is 0 Å². The molecule has 0 unspecified atom stereocenters. The van der Waals surface area contributed by atoms with E-state index < -0.39 is 38.3 Å². The zero-order valence-electron chi connectivity index (χ0n) is 7.22. The van der Waals surface area contributed by atoms with Gasteiger partial charge in [-0.25, -0.2) is 26.0 Å². The van der Waals surface area contributed by atoms with E-state index in [1.165, 1.54) is 0 Å². The maximum absolute atomic E-state index is 12.6. The number of rotatable bonds is 1. The van der Waals surface area contributed by atoms with Gasteiger partial charge in [0.25, 0.3) is 0 Å². The van der Waals surface area contributed by atoms with Crippen LogP contribution in [-0.2, 0) is 10.1 Å². The fourth-order valence-corrected chi connectivity index (χ4v) is 1.40. The van der Waals surface area contributed by atoms with E-state index in [0.29, 0.717) is 0 Å². The van der Waals surface area contributed by atoms with Crippen LogP contribution in [0, 0.1) is 23.3 Å². The van der Waals surface area contributed by atoms with Gasteiger partial charge in [0, 0.05) is 6.07 Å². The molecule has 15 heavy (non-hydrogen) atoms. The molecule has 0 aliphatic rings. The number of hydrogen-bond donors (Lipinski definition) is 0. The molecule has 0 saturated carbocycles. The van der Waals surface area contributed by atoms with Gasteiger partial charge in [0.15, 0.2) is 23.3 Å². The van der Waals surface area contributed by atoms with Crippen molar-refractivity contribution in [2.75, 3.05) is 0 Å². The molecule has 0 saturated heterocycles. The molecule has 78 valence electrons. The first-order valence-corrected chi connectivity index (χ1v) is 4.45. The summed E-state index contributed by atoms with van der Waals surface area (Å²) in [5.41, 5.74) is 0. The van der Waals surface area contributed by atoms with Crippen LogP contribution in [0.4, 0.5) is 17.6 Å². The Hall–Kier alpha value is 0.486. The molecule has 0 aliphatic carbocycles. The van der Waals surface area contributed by atoms with Gasteiger partial charge in [0.05, 0.1) is 0 Å². The minimum Gasteiger partial charge on any atom is -0.744 e. The minimum absolute atomic E-state index is 0. The van der Waals surface area contributed by atoms with Crippen LogP contribution in [0.25, 0.3) is 0 Å². The van der Waals surface area contributed by atoms with Crippen LogP contribution < -0.4 is 51.4 Å². The van der Waals surface area contributed by atoms with Gasteiger partial charge >= 0.3 is 51.4 Å². The van der Waals surface area contributed by atoms with Gasteiger partial charge in [-0.3, -0.25) is 0 Å². The molecule has 0 heterocycles. The van der Waals surface area contributed by atoms with E-state index in [1.54, 1.807) is 0 Å². The van der Waals surface area contributed by atoms with E-state index in [0.717, 1.165) is 0 Å². The third kappa shape index (κ3) is 3.22. The molecular formula is C6HF4KO3S. The van der Waals surface area contributed by atoms with Crippen molar-refractivity contribution in [2.45, 2.75) is 4.90 Å². The van der Waals surface area contributed by atoms with Crippen LogP contribution in [0.1, 0.15) is 0 Å². The third-order valence-electron chi connectivity index (χ3n) is 1.32. The second kappa shape index (κ2) is 5.21. The Bertz CT molecular complexity index is 461. The van der Waals surface area contributed by atoms with Crippen LogP contribution in [0.15, 0.2) is 11.0 Å². The Kier molecular flexibility index (Phi) is 5.38. The first-order valence-electron chi connectivity index (χ1n) is 3.04. The van der Waals surface area contributed by atoms with E-state index in [2.05, 4.69) is 0 Å². The quantitative estimate of drug-likeness (QED) is 0.260. The van der Waals surface area contributed by atoms with Crippen molar-refractivity contribution >= 4 is 10.1 Å². The molecular weight excluding hydrogens is 267 g/mol. The summed E-state index contributed by atoms with van der Waals surface area (Å²) in [6, 6.07) is -0.195. The summed E-state index contributed by atoms with van der Waals surface area (Å²) in [5, 5.41) is 0. The summed E-state index contributed by atoms with van der Waals surface area (Å²) in [4.78, 5) is -2.14. The van der Waals surface area contributed by atoms with Crippen molar-refractivity contribution in [2.24, 2.45) is 0 Å². The summed E-state index contributed by atoms with van der Waals surface area (Å²) in [5.74, 6) is -8.34. The van der Waals surface area contributed by atoms with E-state index in [-0.39, 0.29) is 57.5 Å². The molecule has 0 aliphatic heterocycles. The van der Waals surface area contributed by atoms with Gasteiger partial charge in [-0.1, -0.05) is 0 Å². The average molecular weight is 268 g/mol. The topological polar surface area (TPSA) is 57.2 Å². The second-order valence-corrected chi connectivity index (χ2v) is 3.57. The SMILES string of the molecule is O=S(=O)([O-])c1c(F)c(F)cc(F)c1F.[K+]. The van der Waals surface area contributed by atoms with E-state index in [9.17, 15) is 30.5 Å². The Morgan fingerprint density at radius 3 is 1.60 bits per heavy atom. The molecule has 0 aromatic heterocycles. The molecule has 0 fully saturated rings. The molecule has 1 rings (SSSR count). The molecule has 0 spiro atoms. The van der Waals surface area contributed by atoms with Crippen molar-refractivity contribution in [1.29, 1.82) is 0 Å². The number of hydrogen-bond acceptors (Lipinski definition) is 3. The average Bonchev–Trinajstić information content (AvgIpc) is 1.98. The molecule has 0 bridgehead atoms. The van der Waals surface area contributed by atoms with Crippen molar-refractivity contribution in [3.63, 3.8) is 0 Å². The summed E-state index contributed by atoms with van der Waals surface area (Å²) in [6.45, 7) is 0. The fourth-order valence-electron chi connectivity index (χ4n) is 0.771. The van der Waals surface area contributed by atoms with Crippen LogP contribution in [0.5, 0.6) is 0 Å². The number of halogens is 4. The van der Waals surface area contributed by atoms with Crippen molar-refractivity contribution < 1.29 is 81.9 Å². The Morgan fingerprint density at radius 2 is 1.33 bits per heavy atom. The molecule has 0 amide bonds. The summed E-state index contributed by atoms with van der Waals surface area (Å²) < 4.78 is 80.5. The van der Waals surface area contributed by atoms with Gasteiger partial charge in [-0.2, -0.15) is 0 Å². The molecule has 1 aromatic rings. The maximum Gasteiger partial charge on any atom is 1.00 e. The standard InChI is InChI=1S/C6H2F4O3S.K/c7-2-1-3(8)5(10)6(4(2)9)14(11,12)13;/h1H,(H,11,12,13);/q;+1/p-1. The zero-order valence-corrected chi connectivity index (χ0v) is 11.2. The van der Waals surface area contributed by atoms with Gasteiger partial charge in [0.1, 0.15) is 15.0 Å². The Morgan fingerprint density at radius 1 is 1.00 bits per heavy atom. The normalized spacial score (nSPS) is 11.0. The summed E-state index contributed by atoms with van der Waals surface area (Å²) in [7, 11) is -5.59. The maximum atomic E-state index is 12.6. The summed E-state index contributed by atoms with van der Waals surface area (Å²) in [6.07, 6.45) is 0. The van der Waals surface area contributed by atoms with Gasteiger partial charge in [-0.15, -0.1) is 0 Å². The van der Waals surface area contributed by atoms with Crippen molar-refractivity contribution in [3.8, 4) is 0 Å². The largest absolute Gasteiger partial charge is 1.00 e. The number of benzene rings is 1. The van der Waals surface area contributed by atoms with Crippen LogP contribution >= 0.6 is 0 Å². The minimum atomic E-state index is -5.59. The van der Waals surface area contributed by atoms with Crippen LogP contribution in [0.3, 0.4) is 0 Å². The van der Waals surface area contributed by atoms with E-state index in [1.807, 2.05) is 0 Å². The van der Waals surface area contributed by atoms with Crippen LogP contribution in [-0.4, -0.2) is 13.0 Å². The smallest absolute Gasteiger partial charge is 0.744 e. The van der Waals surface area contributed by atoms with Gasteiger partial charge in [0.2, 0.25) is 0 Å². The molecule has 1 aromatic carbocycles. The van der Waals surface area contributed by atoms with E-state index >= 15 is 0 Å². The predicted molar refractivity (Wildman–Crippen MR) is 34.2 cm³/mol. The fraction of sp³-hybridized carbons (Fsp3) is 0.